The average molecular weight is 360 g/mol. The number of rotatable bonds is 6. The Hall–Kier alpha value is -2.37. The van der Waals surface area contributed by atoms with Gasteiger partial charge in [-0.1, -0.05) is 47.5 Å². The van der Waals surface area contributed by atoms with Crippen molar-refractivity contribution in [2.75, 3.05) is 17.2 Å². The van der Waals surface area contributed by atoms with E-state index in [9.17, 15) is 0 Å². The van der Waals surface area contributed by atoms with Gasteiger partial charge in [0.05, 0.1) is 16.9 Å². The SMILES string of the molecule is Clc1cccc(CCNc2nncc(Nc3ccccc3Cl)n2)c1. The van der Waals surface area contributed by atoms with Crippen molar-refractivity contribution in [3.63, 3.8) is 0 Å². The fourth-order valence-electron chi connectivity index (χ4n) is 2.15. The fraction of sp³-hybridized carbons (Fsp3) is 0.118. The van der Waals surface area contributed by atoms with E-state index >= 15 is 0 Å². The van der Waals surface area contributed by atoms with E-state index in [4.69, 9.17) is 23.2 Å². The van der Waals surface area contributed by atoms with Crippen LogP contribution in [-0.4, -0.2) is 21.7 Å². The number of anilines is 3. The average Bonchev–Trinajstić information content (AvgIpc) is 2.58. The van der Waals surface area contributed by atoms with Crippen molar-refractivity contribution in [2.45, 2.75) is 6.42 Å². The minimum absolute atomic E-state index is 0.453. The molecule has 0 aliphatic rings. The minimum atomic E-state index is 0.453. The summed E-state index contributed by atoms with van der Waals surface area (Å²) in [6.45, 7) is 0.678. The molecule has 3 rings (SSSR count). The van der Waals surface area contributed by atoms with E-state index in [1.807, 2.05) is 48.5 Å². The number of halogens is 2. The van der Waals surface area contributed by atoms with Crippen LogP contribution in [0.3, 0.4) is 0 Å². The molecule has 5 nitrogen and oxygen atoms in total. The summed E-state index contributed by atoms with van der Waals surface area (Å²) in [6, 6.07) is 15.2. The highest BCUT2D eigenvalue weighted by molar-refractivity contribution is 6.33. The smallest absolute Gasteiger partial charge is 0.244 e. The van der Waals surface area contributed by atoms with Crippen LogP contribution in [-0.2, 0) is 6.42 Å². The number of benzene rings is 2. The second-order valence-corrected chi connectivity index (χ2v) is 5.92. The van der Waals surface area contributed by atoms with Crippen LogP contribution >= 0.6 is 23.2 Å². The molecular formula is C17H15Cl2N5. The molecule has 0 atom stereocenters. The molecule has 0 unspecified atom stereocenters. The van der Waals surface area contributed by atoms with E-state index in [1.54, 1.807) is 6.20 Å². The van der Waals surface area contributed by atoms with Gasteiger partial charge in [-0.2, -0.15) is 10.1 Å². The van der Waals surface area contributed by atoms with Crippen LogP contribution in [0.1, 0.15) is 5.56 Å². The number of hydrogen-bond acceptors (Lipinski definition) is 5. The molecule has 3 aromatic rings. The summed E-state index contributed by atoms with van der Waals surface area (Å²) in [5, 5.41) is 15.6. The number of nitrogens with one attached hydrogen (secondary N) is 2. The third-order valence-electron chi connectivity index (χ3n) is 3.28. The van der Waals surface area contributed by atoms with Crippen LogP contribution in [0.4, 0.5) is 17.5 Å². The molecule has 1 aromatic heterocycles. The molecule has 0 amide bonds. The Kier molecular flexibility index (Phi) is 5.46. The van der Waals surface area contributed by atoms with Crippen LogP contribution in [0.5, 0.6) is 0 Å². The summed E-state index contributed by atoms with van der Waals surface area (Å²) >= 11 is 12.1. The summed E-state index contributed by atoms with van der Waals surface area (Å²) < 4.78 is 0. The second-order valence-electron chi connectivity index (χ2n) is 5.08. The van der Waals surface area contributed by atoms with E-state index in [2.05, 4.69) is 25.8 Å². The highest BCUT2D eigenvalue weighted by atomic mass is 35.5. The molecule has 2 N–H and O–H groups in total. The lowest BCUT2D eigenvalue weighted by atomic mass is 10.1. The first-order valence-electron chi connectivity index (χ1n) is 7.40. The van der Waals surface area contributed by atoms with Crippen molar-refractivity contribution in [1.82, 2.24) is 15.2 Å². The predicted molar refractivity (Wildman–Crippen MR) is 98.2 cm³/mol. The molecule has 122 valence electrons. The fourth-order valence-corrected chi connectivity index (χ4v) is 2.55. The molecule has 0 fully saturated rings. The highest BCUT2D eigenvalue weighted by Crippen LogP contribution is 2.23. The number of nitrogens with zero attached hydrogens (tertiary/aromatic N) is 3. The zero-order valence-electron chi connectivity index (χ0n) is 12.7. The van der Waals surface area contributed by atoms with E-state index in [0.717, 1.165) is 22.7 Å². The molecule has 0 saturated carbocycles. The highest BCUT2D eigenvalue weighted by Gasteiger charge is 2.04. The van der Waals surface area contributed by atoms with Gasteiger partial charge < -0.3 is 10.6 Å². The molecule has 7 heteroatoms. The third-order valence-corrected chi connectivity index (χ3v) is 3.85. The van der Waals surface area contributed by atoms with Crippen LogP contribution in [0.2, 0.25) is 10.0 Å². The molecule has 0 aliphatic heterocycles. The summed E-state index contributed by atoms with van der Waals surface area (Å²) in [7, 11) is 0. The third kappa shape index (κ3) is 4.57. The summed E-state index contributed by atoms with van der Waals surface area (Å²) in [5.74, 6) is 1.03. The van der Waals surface area contributed by atoms with Gasteiger partial charge in [-0.15, -0.1) is 5.10 Å². The Morgan fingerprint density at radius 2 is 1.88 bits per heavy atom. The van der Waals surface area contributed by atoms with Crippen LogP contribution in [0.25, 0.3) is 0 Å². The lowest BCUT2D eigenvalue weighted by Gasteiger charge is -2.09. The zero-order chi connectivity index (χ0) is 16.8. The maximum Gasteiger partial charge on any atom is 0.244 e. The predicted octanol–water partition coefficient (Wildman–Crippen LogP) is 4.58. The van der Waals surface area contributed by atoms with E-state index < -0.39 is 0 Å². The Morgan fingerprint density at radius 1 is 1.00 bits per heavy atom. The van der Waals surface area contributed by atoms with Gasteiger partial charge in [0.25, 0.3) is 0 Å². The molecule has 0 aliphatic carbocycles. The molecule has 24 heavy (non-hydrogen) atoms. The second kappa shape index (κ2) is 7.95. The Labute approximate surface area is 150 Å². The first-order valence-corrected chi connectivity index (χ1v) is 8.16. The van der Waals surface area contributed by atoms with Gasteiger partial charge >= 0.3 is 0 Å². The Balaban J connectivity index is 1.60. The van der Waals surface area contributed by atoms with Crippen molar-refractivity contribution in [3.8, 4) is 0 Å². The quantitative estimate of drug-likeness (QED) is 0.674. The maximum absolute atomic E-state index is 6.13. The van der Waals surface area contributed by atoms with E-state index in [1.165, 1.54) is 0 Å². The van der Waals surface area contributed by atoms with Gasteiger partial charge in [-0.25, -0.2) is 0 Å². The van der Waals surface area contributed by atoms with E-state index in [-0.39, 0.29) is 0 Å². The first kappa shape index (κ1) is 16.5. The van der Waals surface area contributed by atoms with E-state index in [0.29, 0.717) is 23.3 Å². The summed E-state index contributed by atoms with van der Waals surface area (Å²) in [4.78, 5) is 4.38. The number of aromatic nitrogens is 3. The van der Waals surface area contributed by atoms with Gasteiger partial charge in [0.15, 0.2) is 5.82 Å². The molecule has 1 heterocycles. The van der Waals surface area contributed by atoms with Crippen LogP contribution < -0.4 is 10.6 Å². The largest absolute Gasteiger partial charge is 0.353 e. The molecule has 0 bridgehead atoms. The normalized spacial score (nSPS) is 10.4. The topological polar surface area (TPSA) is 62.7 Å². The molecular weight excluding hydrogens is 345 g/mol. The van der Waals surface area contributed by atoms with Crippen molar-refractivity contribution in [2.24, 2.45) is 0 Å². The Morgan fingerprint density at radius 3 is 2.71 bits per heavy atom. The molecule has 0 radical (unpaired) electrons. The molecule has 0 spiro atoms. The monoisotopic (exact) mass is 359 g/mol. The maximum atomic E-state index is 6.13. The van der Waals surface area contributed by atoms with Crippen molar-refractivity contribution < 1.29 is 0 Å². The number of para-hydroxylation sites is 1. The lowest BCUT2D eigenvalue weighted by Crippen LogP contribution is -2.09. The zero-order valence-corrected chi connectivity index (χ0v) is 14.2. The number of hydrogen-bond donors (Lipinski definition) is 2. The van der Waals surface area contributed by atoms with Gasteiger partial charge in [0.1, 0.15) is 0 Å². The van der Waals surface area contributed by atoms with Crippen LogP contribution in [0, 0.1) is 0 Å². The van der Waals surface area contributed by atoms with Crippen molar-refractivity contribution in [3.05, 3.63) is 70.3 Å². The standard InChI is InChI=1S/C17H15Cl2N5/c18-13-5-3-4-12(10-13)8-9-20-17-23-16(11-21-24-17)22-15-7-2-1-6-14(15)19/h1-7,10-11H,8-9H2,(H2,20,22,23,24). The lowest BCUT2D eigenvalue weighted by molar-refractivity contribution is 0.929. The minimum Gasteiger partial charge on any atom is -0.353 e. The van der Waals surface area contributed by atoms with Gasteiger partial charge in [0.2, 0.25) is 5.95 Å². The summed E-state index contributed by atoms with van der Waals surface area (Å²) in [5.41, 5.74) is 1.91. The van der Waals surface area contributed by atoms with Gasteiger partial charge in [-0.05, 0) is 36.2 Å². The van der Waals surface area contributed by atoms with Crippen molar-refractivity contribution >= 4 is 40.7 Å². The Bertz CT molecular complexity index is 825. The van der Waals surface area contributed by atoms with Gasteiger partial charge in [-0.3, -0.25) is 0 Å². The van der Waals surface area contributed by atoms with Gasteiger partial charge in [0, 0.05) is 11.6 Å². The van der Waals surface area contributed by atoms with Crippen molar-refractivity contribution in [1.29, 1.82) is 0 Å². The van der Waals surface area contributed by atoms with Crippen LogP contribution in [0.15, 0.2) is 54.7 Å². The molecule has 2 aromatic carbocycles. The first-order chi connectivity index (χ1) is 11.7. The summed E-state index contributed by atoms with van der Waals surface area (Å²) in [6.07, 6.45) is 2.36. The molecule has 0 saturated heterocycles.